The van der Waals surface area contributed by atoms with Crippen molar-refractivity contribution < 1.29 is 19.1 Å². The molecule has 1 saturated heterocycles. The molecule has 0 aliphatic carbocycles. The average molecular weight is 487 g/mol. The normalized spacial score (nSPS) is 15.0. The summed E-state index contributed by atoms with van der Waals surface area (Å²) >= 11 is 0. The van der Waals surface area contributed by atoms with E-state index in [4.69, 9.17) is 10.5 Å². The fraction of sp³-hybridized carbons (Fsp3) is 0.250. The maximum absolute atomic E-state index is 13.5. The molecule has 0 saturated carbocycles. The Morgan fingerprint density at radius 2 is 1.53 bits per heavy atom. The molecule has 8 nitrogen and oxygen atoms in total. The number of aryl methyl sites for hydroxylation is 1. The molecular weight excluding hydrogens is 456 g/mol. The van der Waals surface area contributed by atoms with Gasteiger partial charge in [0.2, 0.25) is 0 Å². The highest BCUT2D eigenvalue weighted by Crippen LogP contribution is 2.23. The number of carbonyl (C=O) groups excluding carboxylic acids is 3. The van der Waals surface area contributed by atoms with Crippen LogP contribution >= 0.6 is 0 Å². The van der Waals surface area contributed by atoms with Crippen molar-refractivity contribution in [2.45, 2.75) is 26.2 Å². The van der Waals surface area contributed by atoms with E-state index >= 15 is 0 Å². The largest absolute Gasteiger partial charge is 0.497 e. The number of hydrogen-bond donors (Lipinski definition) is 2. The lowest BCUT2D eigenvalue weighted by molar-refractivity contribution is -0.128. The average Bonchev–Trinajstić information content (AvgIpc) is 3.36. The number of amides is 3. The zero-order chi connectivity index (χ0) is 25.7. The lowest BCUT2D eigenvalue weighted by Crippen LogP contribution is -2.53. The first-order valence-electron chi connectivity index (χ1n) is 11.8. The van der Waals surface area contributed by atoms with Crippen LogP contribution in [0, 0.1) is 6.92 Å². The van der Waals surface area contributed by atoms with E-state index in [2.05, 4.69) is 5.32 Å². The van der Waals surface area contributed by atoms with Crippen LogP contribution in [0.1, 0.15) is 37.4 Å². The molecule has 36 heavy (non-hydrogen) atoms. The van der Waals surface area contributed by atoms with Crippen LogP contribution in [0.4, 0.5) is 0 Å². The van der Waals surface area contributed by atoms with Crippen molar-refractivity contribution in [2.75, 3.05) is 20.2 Å². The van der Waals surface area contributed by atoms with E-state index in [1.165, 1.54) is 9.80 Å². The molecule has 1 atom stereocenters. The Labute approximate surface area is 210 Å². The van der Waals surface area contributed by atoms with Crippen LogP contribution in [0.3, 0.4) is 0 Å². The fourth-order valence-electron chi connectivity index (χ4n) is 4.33. The van der Waals surface area contributed by atoms with Crippen molar-refractivity contribution in [2.24, 2.45) is 5.73 Å². The van der Waals surface area contributed by atoms with Gasteiger partial charge in [-0.05, 0) is 54.4 Å². The van der Waals surface area contributed by atoms with Crippen LogP contribution in [0.2, 0.25) is 0 Å². The van der Waals surface area contributed by atoms with Crippen molar-refractivity contribution in [1.29, 1.82) is 0 Å². The molecule has 3 aromatic rings. The third-order valence-electron chi connectivity index (χ3n) is 6.22. The molecule has 3 aromatic carbocycles. The highest BCUT2D eigenvalue weighted by atomic mass is 16.5. The molecule has 3 amide bonds. The molecule has 1 fully saturated rings. The number of nitrogens with two attached hydrogens (primary N) is 1. The first-order valence-corrected chi connectivity index (χ1v) is 11.8. The van der Waals surface area contributed by atoms with Crippen LogP contribution in [0.5, 0.6) is 5.75 Å². The van der Waals surface area contributed by atoms with E-state index in [1.807, 2.05) is 37.3 Å². The molecule has 1 unspecified atom stereocenters. The molecular formula is C28H30N4O4. The Hall–Kier alpha value is -4.17. The van der Waals surface area contributed by atoms with E-state index in [-0.39, 0.29) is 31.4 Å². The van der Waals surface area contributed by atoms with Gasteiger partial charge >= 0.3 is 0 Å². The smallest absolute Gasteiger partial charge is 0.264 e. The van der Waals surface area contributed by atoms with Gasteiger partial charge in [0.1, 0.15) is 5.75 Å². The minimum Gasteiger partial charge on any atom is -0.497 e. The predicted molar refractivity (Wildman–Crippen MR) is 136 cm³/mol. The molecule has 0 spiro atoms. The summed E-state index contributed by atoms with van der Waals surface area (Å²) in [5, 5.41) is 2.91. The predicted octanol–water partition coefficient (Wildman–Crippen LogP) is 2.70. The number of benzene rings is 3. The molecule has 1 heterocycles. The Balaban J connectivity index is 1.60. The molecule has 8 heteroatoms. The highest BCUT2D eigenvalue weighted by molar-refractivity contribution is 6.02. The van der Waals surface area contributed by atoms with Gasteiger partial charge in [-0.1, -0.05) is 42.0 Å². The zero-order valence-electron chi connectivity index (χ0n) is 20.4. The summed E-state index contributed by atoms with van der Waals surface area (Å²) < 4.78 is 5.18. The summed E-state index contributed by atoms with van der Waals surface area (Å²) in [5.41, 5.74) is 9.39. The number of nitrogens with one attached hydrogen (secondary N) is 1. The molecule has 1 aliphatic heterocycles. The number of ether oxygens (including phenoxy) is 1. The quantitative estimate of drug-likeness (QED) is 0.534. The third kappa shape index (κ3) is 5.39. The van der Waals surface area contributed by atoms with Gasteiger partial charge in [-0.2, -0.15) is 0 Å². The lowest BCUT2D eigenvalue weighted by Gasteiger charge is -2.29. The number of methoxy groups -OCH3 is 1. The number of carbonyl (C=O) groups is 3. The van der Waals surface area contributed by atoms with E-state index in [0.29, 0.717) is 23.4 Å². The second-order valence-electron chi connectivity index (χ2n) is 8.71. The monoisotopic (exact) mass is 486 g/mol. The Kier molecular flexibility index (Phi) is 7.65. The number of rotatable bonds is 7. The van der Waals surface area contributed by atoms with E-state index in [9.17, 15) is 14.4 Å². The lowest BCUT2D eigenvalue weighted by atomic mass is 10.1. The van der Waals surface area contributed by atoms with Crippen molar-refractivity contribution in [3.63, 3.8) is 0 Å². The van der Waals surface area contributed by atoms with Crippen LogP contribution in [-0.2, 0) is 17.9 Å². The van der Waals surface area contributed by atoms with E-state index < -0.39 is 12.1 Å². The van der Waals surface area contributed by atoms with Crippen molar-refractivity contribution in [1.82, 2.24) is 15.1 Å². The molecule has 3 N–H and O–H groups in total. The van der Waals surface area contributed by atoms with Crippen LogP contribution in [0.25, 0.3) is 0 Å². The van der Waals surface area contributed by atoms with Crippen LogP contribution in [0.15, 0.2) is 72.8 Å². The first-order chi connectivity index (χ1) is 17.4. The van der Waals surface area contributed by atoms with E-state index in [1.54, 1.807) is 49.6 Å². The van der Waals surface area contributed by atoms with Crippen LogP contribution in [-0.4, -0.2) is 53.9 Å². The molecule has 0 radical (unpaired) electrons. The molecule has 0 bridgehead atoms. The topological polar surface area (TPSA) is 105 Å². The second-order valence-corrected chi connectivity index (χ2v) is 8.71. The van der Waals surface area contributed by atoms with E-state index in [0.717, 1.165) is 16.7 Å². The first kappa shape index (κ1) is 24.9. The summed E-state index contributed by atoms with van der Waals surface area (Å²) in [6.45, 7) is 3.03. The van der Waals surface area contributed by atoms with Gasteiger partial charge in [0, 0.05) is 37.3 Å². The van der Waals surface area contributed by atoms with Gasteiger partial charge in [0.25, 0.3) is 17.7 Å². The third-order valence-corrected chi connectivity index (χ3v) is 6.22. The SMILES string of the molecule is COc1ccc(C(=O)N2CCN(C(=O)c3cccc(C)c3)C2C(=O)NCc2cccc(CN)c2)cc1. The van der Waals surface area contributed by atoms with Gasteiger partial charge in [-0.15, -0.1) is 0 Å². The Bertz CT molecular complexity index is 1260. The standard InChI is InChI=1S/C28H30N4O4/c1-19-5-3-8-23(15-19)28(35)32-14-13-31(27(34)22-9-11-24(36-2)12-10-22)26(32)25(33)30-18-21-7-4-6-20(16-21)17-29/h3-12,15-16,26H,13-14,17-18,29H2,1-2H3,(H,30,33). The fourth-order valence-corrected chi connectivity index (χ4v) is 4.33. The van der Waals surface area contributed by atoms with Gasteiger partial charge in [-0.3, -0.25) is 14.4 Å². The minimum atomic E-state index is -1.08. The Morgan fingerprint density at radius 1 is 0.889 bits per heavy atom. The van der Waals surface area contributed by atoms with Gasteiger partial charge in [-0.25, -0.2) is 0 Å². The summed E-state index contributed by atoms with van der Waals surface area (Å²) in [6.07, 6.45) is -1.08. The van der Waals surface area contributed by atoms with Crippen molar-refractivity contribution >= 4 is 17.7 Å². The summed E-state index contributed by atoms with van der Waals surface area (Å²) in [7, 11) is 1.55. The number of hydrogen-bond acceptors (Lipinski definition) is 5. The minimum absolute atomic E-state index is 0.239. The molecule has 4 rings (SSSR count). The maximum atomic E-state index is 13.5. The molecule has 186 valence electrons. The van der Waals surface area contributed by atoms with Gasteiger partial charge in [0.15, 0.2) is 6.17 Å². The number of nitrogens with zero attached hydrogens (tertiary/aromatic N) is 2. The summed E-state index contributed by atoms with van der Waals surface area (Å²) in [4.78, 5) is 43.3. The highest BCUT2D eigenvalue weighted by Gasteiger charge is 2.43. The van der Waals surface area contributed by atoms with Crippen molar-refractivity contribution in [3.05, 3.63) is 101 Å². The Morgan fingerprint density at radius 3 is 2.17 bits per heavy atom. The van der Waals surface area contributed by atoms with Gasteiger partial charge in [0.05, 0.1) is 7.11 Å². The molecule has 1 aliphatic rings. The second kappa shape index (κ2) is 11.0. The summed E-state index contributed by atoms with van der Waals surface area (Å²) in [6, 6.07) is 21.5. The maximum Gasteiger partial charge on any atom is 0.264 e. The molecule has 0 aromatic heterocycles. The zero-order valence-corrected chi connectivity index (χ0v) is 20.4. The van der Waals surface area contributed by atoms with Gasteiger partial charge < -0.3 is 25.6 Å². The van der Waals surface area contributed by atoms with Crippen molar-refractivity contribution in [3.8, 4) is 5.75 Å². The summed E-state index contributed by atoms with van der Waals surface area (Å²) in [5.74, 6) is -0.428. The van der Waals surface area contributed by atoms with Crippen LogP contribution < -0.4 is 15.8 Å².